The average Bonchev–Trinajstić information content (AvgIpc) is 2.58. The van der Waals surface area contributed by atoms with Gasteiger partial charge in [0.2, 0.25) is 0 Å². The maximum absolute atomic E-state index is 5.57. The van der Waals surface area contributed by atoms with Crippen LogP contribution < -0.4 is 5.32 Å². The Morgan fingerprint density at radius 2 is 1.79 bits per heavy atom. The van der Waals surface area contributed by atoms with Crippen LogP contribution in [0.2, 0.25) is 0 Å². The van der Waals surface area contributed by atoms with Crippen molar-refractivity contribution in [2.75, 3.05) is 13.2 Å². The molecule has 0 aliphatic heterocycles. The standard InChI is InChI=1S/C17H35NO/c1-14(2)16-8-7-9-17(11-10-16)18-12-5-6-13-19-15(3)4/h14-18H,5-13H2,1-4H3. The van der Waals surface area contributed by atoms with E-state index in [0.29, 0.717) is 6.10 Å². The van der Waals surface area contributed by atoms with Gasteiger partial charge in [-0.15, -0.1) is 0 Å². The zero-order chi connectivity index (χ0) is 14.1. The molecule has 2 nitrogen and oxygen atoms in total. The van der Waals surface area contributed by atoms with E-state index in [9.17, 15) is 0 Å². The summed E-state index contributed by atoms with van der Waals surface area (Å²) in [5, 5.41) is 3.75. The van der Waals surface area contributed by atoms with Crippen LogP contribution in [0.1, 0.15) is 72.6 Å². The highest BCUT2D eigenvalue weighted by molar-refractivity contribution is 4.76. The Balaban J connectivity index is 2.03. The Kier molecular flexibility index (Phi) is 8.72. The van der Waals surface area contributed by atoms with Crippen molar-refractivity contribution in [2.24, 2.45) is 11.8 Å². The molecule has 0 amide bonds. The molecular weight excluding hydrogens is 234 g/mol. The molecule has 0 aromatic carbocycles. The van der Waals surface area contributed by atoms with Gasteiger partial charge in [-0.05, 0) is 64.3 Å². The Bertz CT molecular complexity index is 215. The third-order valence-corrected chi connectivity index (χ3v) is 4.41. The Labute approximate surface area is 120 Å². The number of hydrogen-bond donors (Lipinski definition) is 1. The maximum Gasteiger partial charge on any atom is 0.0518 e. The summed E-state index contributed by atoms with van der Waals surface area (Å²) < 4.78 is 5.57. The van der Waals surface area contributed by atoms with Crippen molar-refractivity contribution in [1.29, 1.82) is 0 Å². The van der Waals surface area contributed by atoms with Crippen LogP contribution in [0.4, 0.5) is 0 Å². The van der Waals surface area contributed by atoms with Gasteiger partial charge in [-0.3, -0.25) is 0 Å². The van der Waals surface area contributed by atoms with E-state index in [1.165, 1.54) is 51.5 Å². The van der Waals surface area contributed by atoms with Crippen molar-refractivity contribution in [3.63, 3.8) is 0 Å². The summed E-state index contributed by atoms with van der Waals surface area (Å²) in [5.41, 5.74) is 0. The third kappa shape index (κ3) is 7.94. The van der Waals surface area contributed by atoms with Crippen LogP contribution in [0.25, 0.3) is 0 Å². The van der Waals surface area contributed by atoms with E-state index < -0.39 is 0 Å². The molecule has 0 bridgehead atoms. The molecule has 2 atom stereocenters. The van der Waals surface area contributed by atoms with Crippen LogP contribution in [0.15, 0.2) is 0 Å². The number of hydrogen-bond acceptors (Lipinski definition) is 2. The van der Waals surface area contributed by atoms with Crippen molar-refractivity contribution in [2.45, 2.75) is 84.8 Å². The predicted molar refractivity (Wildman–Crippen MR) is 83.5 cm³/mol. The van der Waals surface area contributed by atoms with Crippen LogP contribution >= 0.6 is 0 Å². The van der Waals surface area contributed by atoms with Crippen LogP contribution in [0, 0.1) is 11.8 Å². The molecule has 1 saturated carbocycles. The zero-order valence-corrected chi connectivity index (χ0v) is 13.6. The van der Waals surface area contributed by atoms with E-state index in [4.69, 9.17) is 4.74 Å². The third-order valence-electron chi connectivity index (χ3n) is 4.41. The topological polar surface area (TPSA) is 21.3 Å². The van der Waals surface area contributed by atoms with Crippen molar-refractivity contribution in [1.82, 2.24) is 5.32 Å². The minimum Gasteiger partial charge on any atom is -0.379 e. The van der Waals surface area contributed by atoms with Crippen molar-refractivity contribution < 1.29 is 4.74 Å². The number of nitrogens with one attached hydrogen (secondary N) is 1. The highest BCUT2D eigenvalue weighted by Crippen LogP contribution is 2.28. The molecule has 1 rings (SSSR count). The molecule has 1 aliphatic carbocycles. The Morgan fingerprint density at radius 1 is 1.00 bits per heavy atom. The zero-order valence-electron chi connectivity index (χ0n) is 13.6. The van der Waals surface area contributed by atoms with Crippen LogP contribution in [0.5, 0.6) is 0 Å². The van der Waals surface area contributed by atoms with Gasteiger partial charge in [0.1, 0.15) is 0 Å². The largest absolute Gasteiger partial charge is 0.379 e. The van der Waals surface area contributed by atoms with Crippen LogP contribution in [-0.2, 0) is 4.74 Å². The van der Waals surface area contributed by atoms with E-state index in [-0.39, 0.29) is 0 Å². The molecule has 0 radical (unpaired) electrons. The SMILES string of the molecule is CC(C)OCCCCNC1CCCC(C(C)C)CC1. The summed E-state index contributed by atoms with van der Waals surface area (Å²) in [7, 11) is 0. The lowest BCUT2D eigenvalue weighted by atomic mass is 9.89. The molecule has 1 aliphatic rings. The summed E-state index contributed by atoms with van der Waals surface area (Å²) in [4.78, 5) is 0. The first kappa shape index (κ1) is 17.0. The van der Waals surface area contributed by atoms with E-state index in [1.807, 2.05) is 0 Å². The highest BCUT2D eigenvalue weighted by atomic mass is 16.5. The second-order valence-corrected chi connectivity index (χ2v) is 6.79. The Morgan fingerprint density at radius 3 is 2.47 bits per heavy atom. The van der Waals surface area contributed by atoms with Gasteiger partial charge < -0.3 is 10.1 Å². The van der Waals surface area contributed by atoms with Gasteiger partial charge in [0, 0.05) is 12.6 Å². The molecule has 19 heavy (non-hydrogen) atoms. The van der Waals surface area contributed by atoms with Gasteiger partial charge in [0.05, 0.1) is 6.10 Å². The first-order valence-corrected chi connectivity index (χ1v) is 8.44. The summed E-state index contributed by atoms with van der Waals surface area (Å²) in [6, 6.07) is 0.773. The van der Waals surface area contributed by atoms with Gasteiger partial charge in [-0.25, -0.2) is 0 Å². The van der Waals surface area contributed by atoms with Crippen molar-refractivity contribution >= 4 is 0 Å². The van der Waals surface area contributed by atoms with Crippen molar-refractivity contribution in [3.05, 3.63) is 0 Å². The fourth-order valence-corrected chi connectivity index (χ4v) is 3.05. The molecule has 1 N–H and O–H groups in total. The van der Waals surface area contributed by atoms with Gasteiger partial charge in [0.25, 0.3) is 0 Å². The quantitative estimate of drug-likeness (QED) is 0.521. The fraction of sp³-hybridized carbons (Fsp3) is 1.00. The monoisotopic (exact) mass is 269 g/mol. The lowest BCUT2D eigenvalue weighted by Crippen LogP contribution is -2.29. The fourth-order valence-electron chi connectivity index (χ4n) is 3.05. The summed E-state index contributed by atoms with van der Waals surface area (Å²) in [6.45, 7) is 11.1. The normalized spacial score (nSPS) is 24.9. The van der Waals surface area contributed by atoms with Crippen molar-refractivity contribution in [3.8, 4) is 0 Å². The second-order valence-electron chi connectivity index (χ2n) is 6.79. The van der Waals surface area contributed by atoms with Crippen LogP contribution in [0.3, 0.4) is 0 Å². The van der Waals surface area contributed by atoms with E-state index >= 15 is 0 Å². The molecule has 0 saturated heterocycles. The molecular formula is C17H35NO. The van der Waals surface area contributed by atoms with Gasteiger partial charge in [-0.1, -0.05) is 26.7 Å². The van der Waals surface area contributed by atoms with E-state index in [0.717, 1.165) is 24.5 Å². The van der Waals surface area contributed by atoms with E-state index in [2.05, 4.69) is 33.0 Å². The number of unbranched alkanes of at least 4 members (excludes halogenated alkanes) is 1. The minimum absolute atomic E-state index is 0.378. The molecule has 2 unspecified atom stereocenters. The van der Waals surface area contributed by atoms with Gasteiger partial charge >= 0.3 is 0 Å². The minimum atomic E-state index is 0.378. The molecule has 0 aromatic heterocycles. The Hall–Kier alpha value is -0.0800. The predicted octanol–water partition coefficient (Wildman–Crippen LogP) is 4.39. The number of ether oxygens (including phenoxy) is 1. The smallest absolute Gasteiger partial charge is 0.0518 e. The summed E-state index contributed by atoms with van der Waals surface area (Å²) in [6.07, 6.45) is 9.85. The molecule has 0 aromatic rings. The molecule has 0 spiro atoms. The molecule has 1 fully saturated rings. The molecule has 0 heterocycles. The molecule has 2 heteroatoms. The lowest BCUT2D eigenvalue weighted by molar-refractivity contribution is 0.0759. The van der Waals surface area contributed by atoms with Gasteiger partial charge in [-0.2, -0.15) is 0 Å². The first-order chi connectivity index (χ1) is 9.09. The summed E-state index contributed by atoms with van der Waals surface area (Å²) in [5.74, 6) is 1.83. The highest BCUT2D eigenvalue weighted by Gasteiger charge is 2.20. The van der Waals surface area contributed by atoms with E-state index in [1.54, 1.807) is 0 Å². The van der Waals surface area contributed by atoms with Gasteiger partial charge in [0.15, 0.2) is 0 Å². The first-order valence-electron chi connectivity index (χ1n) is 8.44. The van der Waals surface area contributed by atoms with Crippen LogP contribution in [-0.4, -0.2) is 25.3 Å². The maximum atomic E-state index is 5.57. The lowest BCUT2D eigenvalue weighted by Gasteiger charge is -2.19. The second kappa shape index (κ2) is 9.77. The average molecular weight is 269 g/mol. The summed E-state index contributed by atoms with van der Waals surface area (Å²) >= 11 is 0. The number of rotatable bonds is 8. The molecule has 114 valence electrons.